The van der Waals surface area contributed by atoms with Crippen LogP contribution >= 0.6 is 0 Å². The molecule has 1 atom stereocenters. The van der Waals surface area contributed by atoms with Gasteiger partial charge in [-0.1, -0.05) is 0 Å². The summed E-state index contributed by atoms with van der Waals surface area (Å²) >= 11 is 0. The van der Waals surface area contributed by atoms with Crippen LogP contribution in [0.4, 0.5) is 17.5 Å². The van der Waals surface area contributed by atoms with E-state index in [0.717, 1.165) is 36.7 Å². The van der Waals surface area contributed by atoms with Gasteiger partial charge in [-0.25, -0.2) is 15.0 Å². The number of nitrogens with one attached hydrogen (secondary N) is 2. The molecule has 1 aliphatic rings. The summed E-state index contributed by atoms with van der Waals surface area (Å²) in [6, 6.07) is 4.55. The Morgan fingerprint density at radius 1 is 1.19 bits per heavy atom. The highest BCUT2D eigenvalue weighted by atomic mass is 15.2. The second-order valence-corrected chi connectivity index (χ2v) is 5.42. The Bertz CT molecular complexity index is 580. The molecule has 0 bridgehead atoms. The molecule has 6 heteroatoms. The molecule has 1 saturated heterocycles. The fraction of sp³-hybridized carbons (Fsp3) is 0.400. The molecule has 6 nitrogen and oxygen atoms in total. The average Bonchev–Trinajstić information content (AvgIpc) is 2.50. The van der Waals surface area contributed by atoms with Crippen LogP contribution in [0.3, 0.4) is 0 Å². The fourth-order valence-corrected chi connectivity index (χ4v) is 2.37. The molecule has 21 heavy (non-hydrogen) atoms. The van der Waals surface area contributed by atoms with Gasteiger partial charge in [0, 0.05) is 38.1 Å². The number of piperazine rings is 1. The molecule has 0 spiro atoms. The van der Waals surface area contributed by atoms with E-state index in [9.17, 15) is 0 Å². The Balaban J connectivity index is 1.67. The number of pyridine rings is 1. The van der Waals surface area contributed by atoms with Crippen molar-refractivity contribution in [3.8, 4) is 0 Å². The van der Waals surface area contributed by atoms with Crippen LogP contribution in [0, 0.1) is 6.92 Å². The summed E-state index contributed by atoms with van der Waals surface area (Å²) in [4.78, 5) is 15.3. The van der Waals surface area contributed by atoms with Crippen LogP contribution in [0.5, 0.6) is 0 Å². The summed E-state index contributed by atoms with van der Waals surface area (Å²) in [7, 11) is 0. The summed E-state index contributed by atoms with van der Waals surface area (Å²) in [5.41, 5.74) is 1.94. The van der Waals surface area contributed by atoms with Crippen molar-refractivity contribution in [3.63, 3.8) is 0 Å². The van der Waals surface area contributed by atoms with E-state index in [1.807, 2.05) is 25.3 Å². The molecule has 2 aromatic heterocycles. The first-order valence-corrected chi connectivity index (χ1v) is 7.21. The minimum Gasteiger partial charge on any atom is -0.354 e. The van der Waals surface area contributed by atoms with Crippen molar-refractivity contribution in [2.45, 2.75) is 19.9 Å². The average molecular weight is 284 g/mol. The third-order valence-electron chi connectivity index (χ3n) is 3.48. The van der Waals surface area contributed by atoms with Crippen molar-refractivity contribution in [2.24, 2.45) is 0 Å². The third kappa shape index (κ3) is 3.46. The smallest absolute Gasteiger partial charge is 0.227 e. The lowest BCUT2D eigenvalue weighted by Gasteiger charge is -2.32. The minimum atomic E-state index is 0.499. The molecule has 3 rings (SSSR count). The SMILES string of the molecule is Cc1cnc(Nc2ccc(N3CCN[C@@H](C)C3)nc2)nc1. The van der Waals surface area contributed by atoms with Gasteiger partial charge in [0.1, 0.15) is 5.82 Å². The molecule has 1 aliphatic heterocycles. The van der Waals surface area contributed by atoms with Crippen molar-refractivity contribution in [2.75, 3.05) is 29.9 Å². The zero-order chi connectivity index (χ0) is 14.7. The van der Waals surface area contributed by atoms with Gasteiger partial charge in [0.15, 0.2) is 0 Å². The summed E-state index contributed by atoms with van der Waals surface area (Å²) in [5, 5.41) is 6.59. The third-order valence-corrected chi connectivity index (χ3v) is 3.48. The zero-order valence-corrected chi connectivity index (χ0v) is 12.4. The molecule has 0 unspecified atom stereocenters. The molecule has 0 aliphatic carbocycles. The molecule has 2 N–H and O–H groups in total. The van der Waals surface area contributed by atoms with E-state index in [1.165, 1.54) is 0 Å². The maximum absolute atomic E-state index is 4.53. The van der Waals surface area contributed by atoms with Gasteiger partial charge in [-0.2, -0.15) is 0 Å². The van der Waals surface area contributed by atoms with E-state index in [0.29, 0.717) is 12.0 Å². The molecular formula is C15H20N6. The van der Waals surface area contributed by atoms with Gasteiger partial charge >= 0.3 is 0 Å². The normalized spacial score (nSPS) is 18.6. The first-order chi connectivity index (χ1) is 10.2. The van der Waals surface area contributed by atoms with Crippen LogP contribution in [-0.4, -0.2) is 40.6 Å². The Morgan fingerprint density at radius 3 is 2.67 bits per heavy atom. The Hall–Kier alpha value is -2.21. The number of aryl methyl sites for hydroxylation is 1. The summed E-state index contributed by atoms with van der Waals surface area (Å²) in [6.45, 7) is 7.14. The fourth-order valence-electron chi connectivity index (χ4n) is 2.37. The van der Waals surface area contributed by atoms with Gasteiger partial charge in [0.05, 0.1) is 11.9 Å². The number of nitrogens with zero attached hydrogens (tertiary/aromatic N) is 4. The topological polar surface area (TPSA) is 66.0 Å². The first kappa shape index (κ1) is 13.8. The molecule has 3 heterocycles. The van der Waals surface area contributed by atoms with E-state index in [1.54, 1.807) is 12.4 Å². The standard InChI is InChI=1S/C15H20N6/c1-11-7-18-15(19-8-11)20-13-3-4-14(17-9-13)21-6-5-16-12(2)10-21/h3-4,7-9,12,16H,5-6,10H2,1-2H3,(H,18,19,20)/t12-/m0/s1. The Labute approximate surface area is 124 Å². The van der Waals surface area contributed by atoms with Crippen molar-refractivity contribution < 1.29 is 0 Å². The molecule has 0 radical (unpaired) electrons. The van der Waals surface area contributed by atoms with E-state index >= 15 is 0 Å². The van der Waals surface area contributed by atoms with E-state index < -0.39 is 0 Å². The number of aromatic nitrogens is 3. The second-order valence-electron chi connectivity index (χ2n) is 5.42. The summed E-state index contributed by atoms with van der Waals surface area (Å²) in [6.07, 6.45) is 5.41. The van der Waals surface area contributed by atoms with Gasteiger partial charge < -0.3 is 15.5 Å². The van der Waals surface area contributed by atoms with Gasteiger partial charge in [-0.15, -0.1) is 0 Å². The van der Waals surface area contributed by atoms with Gasteiger partial charge in [0.2, 0.25) is 5.95 Å². The summed E-state index contributed by atoms with van der Waals surface area (Å²) in [5.74, 6) is 1.60. The highest BCUT2D eigenvalue weighted by Crippen LogP contribution is 2.17. The predicted molar refractivity (Wildman–Crippen MR) is 84.0 cm³/mol. The van der Waals surface area contributed by atoms with Crippen molar-refractivity contribution in [3.05, 3.63) is 36.3 Å². The molecule has 0 saturated carbocycles. The number of hydrogen-bond donors (Lipinski definition) is 2. The van der Waals surface area contributed by atoms with E-state index in [4.69, 9.17) is 0 Å². The second kappa shape index (κ2) is 6.05. The van der Waals surface area contributed by atoms with Crippen LogP contribution < -0.4 is 15.5 Å². The maximum atomic E-state index is 4.53. The highest BCUT2D eigenvalue weighted by Gasteiger charge is 2.16. The monoisotopic (exact) mass is 284 g/mol. The zero-order valence-electron chi connectivity index (χ0n) is 12.4. The van der Waals surface area contributed by atoms with Crippen LogP contribution in [-0.2, 0) is 0 Å². The van der Waals surface area contributed by atoms with E-state index in [2.05, 4.69) is 37.4 Å². The molecule has 2 aromatic rings. The quantitative estimate of drug-likeness (QED) is 0.894. The van der Waals surface area contributed by atoms with E-state index in [-0.39, 0.29) is 0 Å². The summed E-state index contributed by atoms with van der Waals surface area (Å²) < 4.78 is 0. The van der Waals surface area contributed by atoms with Crippen molar-refractivity contribution in [1.82, 2.24) is 20.3 Å². The van der Waals surface area contributed by atoms with Crippen LogP contribution in [0.15, 0.2) is 30.7 Å². The molecule has 0 amide bonds. The molecule has 0 aromatic carbocycles. The Kier molecular flexibility index (Phi) is 3.96. The predicted octanol–water partition coefficient (Wildman–Crippen LogP) is 1.72. The van der Waals surface area contributed by atoms with Gasteiger partial charge in [-0.05, 0) is 31.5 Å². The largest absolute Gasteiger partial charge is 0.354 e. The molecule has 110 valence electrons. The van der Waals surface area contributed by atoms with Crippen LogP contribution in [0.1, 0.15) is 12.5 Å². The minimum absolute atomic E-state index is 0.499. The first-order valence-electron chi connectivity index (χ1n) is 7.21. The molecule has 1 fully saturated rings. The van der Waals surface area contributed by atoms with Gasteiger partial charge in [0.25, 0.3) is 0 Å². The lowest BCUT2D eigenvalue weighted by atomic mass is 10.2. The highest BCUT2D eigenvalue weighted by molar-refractivity contribution is 5.55. The Morgan fingerprint density at radius 2 is 2.00 bits per heavy atom. The maximum Gasteiger partial charge on any atom is 0.227 e. The van der Waals surface area contributed by atoms with Crippen molar-refractivity contribution >= 4 is 17.5 Å². The lowest BCUT2D eigenvalue weighted by molar-refractivity contribution is 0.482. The van der Waals surface area contributed by atoms with Crippen LogP contribution in [0.25, 0.3) is 0 Å². The van der Waals surface area contributed by atoms with Gasteiger partial charge in [-0.3, -0.25) is 0 Å². The lowest BCUT2D eigenvalue weighted by Crippen LogP contribution is -2.49. The number of hydrogen-bond acceptors (Lipinski definition) is 6. The number of anilines is 3. The van der Waals surface area contributed by atoms with Crippen LogP contribution in [0.2, 0.25) is 0 Å². The number of rotatable bonds is 3. The van der Waals surface area contributed by atoms with Crippen molar-refractivity contribution in [1.29, 1.82) is 0 Å². The molecular weight excluding hydrogens is 264 g/mol.